The van der Waals surface area contributed by atoms with E-state index in [0.717, 1.165) is 5.56 Å². The van der Waals surface area contributed by atoms with E-state index in [4.69, 9.17) is 11.2 Å². The highest BCUT2D eigenvalue weighted by Gasteiger charge is 2.10. The van der Waals surface area contributed by atoms with Crippen molar-refractivity contribution in [1.29, 1.82) is 0 Å². The summed E-state index contributed by atoms with van der Waals surface area (Å²) in [5.74, 6) is 1.54. The van der Waals surface area contributed by atoms with Crippen LogP contribution in [0.15, 0.2) is 30.3 Å². The number of rotatable bonds is 6. The van der Waals surface area contributed by atoms with Crippen LogP contribution in [-0.2, 0) is 21.2 Å². The van der Waals surface area contributed by atoms with Crippen LogP contribution in [0, 0.1) is 12.3 Å². The number of alkyl carbamates (subject to hydrolysis) is 1. The first-order valence-corrected chi connectivity index (χ1v) is 7.44. The number of sulfone groups is 1. The molecular weight excluding hydrogens is 266 g/mol. The van der Waals surface area contributed by atoms with E-state index in [1.165, 1.54) is 0 Å². The van der Waals surface area contributed by atoms with Crippen LogP contribution in [0.1, 0.15) is 5.56 Å². The molecule has 0 aliphatic carbocycles. The smallest absolute Gasteiger partial charge is 0.407 e. The molecule has 1 amide bonds. The van der Waals surface area contributed by atoms with E-state index in [0.29, 0.717) is 0 Å². The Bertz CT molecular complexity index is 546. The zero-order chi connectivity index (χ0) is 14.1. The Labute approximate surface area is 112 Å². The summed E-state index contributed by atoms with van der Waals surface area (Å²) in [6, 6.07) is 9.18. The van der Waals surface area contributed by atoms with Gasteiger partial charge in [-0.15, -0.1) is 6.42 Å². The van der Waals surface area contributed by atoms with Gasteiger partial charge in [-0.2, -0.15) is 0 Å². The van der Waals surface area contributed by atoms with Crippen molar-refractivity contribution in [2.24, 2.45) is 0 Å². The van der Waals surface area contributed by atoms with Crippen molar-refractivity contribution in [3.8, 4) is 12.3 Å². The molecule has 6 heteroatoms. The molecule has 0 bridgehead atoms. The molecule has 1 aromatic carbocycles. The van der Waals surface area contributed by atoms with Gasteiger partial charge in [-0.1, -0.05) is 36.3 Å². The molecule has 1 aromatic rings. The quantitative estimate of drug-likeness (QED) is 0.788. The lowest BCUT2D eigenvalue weighted by molar-refractivity contribution is 0.140. The van der Waals surface area contributed by atoms with Gasteiger partial charge in [-0.25, -0.2) is 13.2 Å². The molecule has 0 fully saturated rings. The lowest BCUT2D eigenvalue weighted by atomic mass is 10.2. The number of terminal acetylenes is 1. The van der Waals surface area contributed by atoms with E-state index in [1.807, 2.05) is 30.3 Å². The highest BCUT2D eigenvalue weighted by atomic mass is 32.2. The highest BCUT2D eigenvalue weighted by Crippen LogP contribution is 2.00. The fraction of sp³-hybridized carbons (Fsp3) is 0.308. The average Bonchev–Trinajstić information content (AvgIpc) is 2.37. The summed E-state index contributed by atoms with van der Waals surface area (Å²) in [5.41, 5.74) is 0.859. The summed E-state index contributed by atoms with van der Waals surface area (Å²) >= 11 is 0. The van der Waals surface area contributed by atoms with E-state index in [2.05, 4.69) is 11.2 Å². The molecule has 0 saturated heterocycles. The molecule has 0 saturated carbocycles. The number of carbonyl (C=O) groups excluding carboxylic acids is 1. The molecule has 0 aliphatic heterocycles. The molecule has 1 N–H and O–H groups in total. The minimum absolute atomic E-state index is 0.0162. The Kier molecular flexibility index (Phi) is 5.90. The Hall–Kier alpha value is -2.00. The van der Waals surface area contributed by atoms with Crippen LogP contribution in [0.25, 0.3) is 0 Å². The van der Waals surface area contributed by atoms with Crippen LogP contribution in [-0.4, -0.2) is 32.6 Å². The van der Waals surface area contributed by atoms with Crippen molar-refractivity contribution in [2.45, 2.75) is 6.61 Å². The predicted octanol–water partition coefficient (Wildman–Crippen LogP) is 0.961. The van der Waals surface area contributed by atoms with Gasteiger partial charge in [-0.3, -0.25) is 0 Å². The molecule has 0 aromatic heterocycles. The summed E-state index contributed by atoms with van der Waals surface area (Å²) in [6.45, 7) is 0.126. The van der Waals surface area contributed by atoms with Gasteiger partial charge in [0.1, 0.15) is 12.4 Å². The molecule has 0 spiro atoms. The molecule has 0 atom stereocenters. The molecule has 0 radical (unpaired) electrons. The first kappa shape index (κ1) is 15.1. The standard InChI is InChI=1S/C13H15NO4S/c1-2-9-19(16,17)10-8-14-13(15)18-11-12-6-4-3-5-7-12/h1,3-7H,8-11H2,(H,14,15). The zero-order valence-corrected chi connectivity index (χ0v) is 11.2. The van der Waals surface area contributed by atoms with Crippen LogP contribution < -0.4 is 5.32 Å². The Morgan fingerprint density at radius 2 is 2.00 bits per heavy atom. The van der Waals surface area contributed by atoms with Gasteiger partial charge in [0.25, 0.3) is 0 Å². The minimum atomic E-state index is -3.30. The normalized spacial score (nSPS) is 10.5. The maximum Gasteiger partial charge on any atom is 0.407 e. The fourth-order valence-corrected chi connectivity index (χ4v) is 2.09. The molecule has 0 aliphatic rings. The second-order valence-electron chi connectivity index (χ2n) is 3.78. The fourth-order valence-electron chi connectivity index (χ4n) is 1.28. The second-order valence-corrected chi connectivity index (χ2v) is 5.97. The van der Waals surface area contributed by atoms with Crippen LogP contribution in [0.5, 0.6) is 0 Å². The number of hydrogen-bond donors (Lipinski definition) is 1. The van der Waals surface area contributed by atoms with Crippen molar-refractivity contribution in [3.63, 3.8) is 0 Å². The summed E-state index contributed by atoms with van der Waals surface area (Å²) in [5, 5.41) is 2.36. The molecule has 1 rings (SSSR count). The van der Waals surface area contributed by atoms with Gasteiger partial charge < -0.3 is 10.1 Å². The van der Waals surface area contributed by atoms with Gasteiger partial charge in [0.2, 0.25) is 0 Å². The summed E-state index contributed by atoms with van der Waals surface area (Å²) in [7, 11) is -3.30. The van der Waals surface area contributed by atoms with Crippen molar-refractivity contribution in [2.75, 3.05) is 18.1 Å². The maximum absolute atomic E-state index is 11.3. The number of hydrogen-bond acceptors (Lipinski definition) is 4. The first-order valence-electron chi connectivity index (χ1n) is 5.62. The minimum Gasteiger partial charge on any atom is -0.445 e. The molecular formula is C13H15NO4S. The molecule has 0 unspecified atom stereocenters. The number of nitrogens with one attached hydrogen (secondary N) is 1. The zero-order valence-electron chi connectivity index (χ0n) is 10.3. The van der Waals surface area contributed by atoms with Crippen LogP contribution in [0.3, 0.4) is 0 Å². The van der Waals surface area contributed by atoms with Gasteiger partial charge in [0.15, 0.2) is 9.84 Å². The first-order chi connectivity index (χ1) is 9.03. The Morgan fingerprint density at radius 1 is 1.32 bits per heavy atom. The number of carbonyl (C=O) groups is 1. The Morgan fingerprint density at radius 3 is 2.63 bits per heavy atom. The summed E-state index contributed by atoms with van der Waals surface area (Å²) < 4.78 is 27.4. The molecule has 0 heterocycles. The van der Waals surface area contributed by atoms with E-state index in [1.54, 1.807) is 0 Å². The molecule has 102 valence electrons. The van der Waals surface area contributed by atoms with Crippen LogP contribution >= 0.6 is 0 Å². The summed E-state index contributed by atoms with van der Waals surface area (Å²) in [4.78, 5) is 11.3. The van der Waals surface area contributed by atoms with Crippen LogP contribution in [0.2, 0.25) is 0 Å². The lowest BCUT2D eigenvalue weighted by Crippen LogP contribution is -2.30. The van der Waals surface area contributed by atoms with Crippen LogP contribution in [0.4, 0.5) is 4.79 Å². The summed E-state index contributed by atoms with van der Waals surface area (Å²) in [6.07, 6.45) is 4.26. The third kappa shape index (κ3) is 6.48. The van der Waals surface area contributed by atoms with Gasteiger partial charge in [0, 0.05) is 6.54 Å². The number of benzene rings is 1. The van der Waals surface area contributed by atoms with E-state index in [-0.39, 0.29) is 24.7 Å². The van der Waals surface area contributed by atoms with Crippen molar-refractivity contribution in [3.05, 3.63) is 35.9 Å². The number of amides is 1. The van der Waals surface area contributed by atoms with E-state index in [9.17, 15) is 13.2 Å². The largest absolute Gasteiger partial charge is 0.445 e. The maximum atomic E-state index is 11.3. The van der Waals surface area contributed by atoms with Gasteiger partial charge in [0.05, 0.1) is 5.75 Å². The molecule has 19 heavy (non-hydrogen) atoms. The van der Waals surface area contributed by atoms with Gasteiger partial charge in [-0.05, 0) is 5.56 Å². The number of ether oxygens (including phenoxy) is 1. The van der Waals surface area contributed by atoms with Crippen molar-refractivity contribution >= 4 is 15.9 Å². The highest BCUT2D eigenvalue weighted by molar-refractivity contribution is 7.91. The third-order valence-electron chi connectivity index (χ3n) is 2.20. The topological polar surface area (TPSA) is 72.5 Å². The third-order valence-corrected chi connectivity index (χ3v) is 3.63. The van der Waals surface area contributed by atoms with Crippen molar-refractivity contribution in [1.82, 2.24) is 5.32 Å². The van der Waals surface area contributed by atoms with Gasteiger partial charge >= 0.3 is 6.09 Å². The Balaban J connectivity index is 2.24. The lowest BCUT2D eigenvalue weighted by Gasteiger charge is -2.06. The average molecular weight is 281 g/mol. The van der Waals surface area contributed by atoms with E-state index >= 15 is 0 Å². The predicted molar refractivity (Wildman–Crippen MR) is 72.1 cm³/mol. The molecule has 5 nitrogen and oxygen atoms in total. The van der Waals surface area contributed by atoms with Crippen molar-refractivity contribution < 1.29 is 17.9 Å². The second kappa shape index (κ2) is 7.44. The SMILES string of the molecule is C#CCS(=O)(=O)CCNC(=O)OCc1ccccc1. The van der Waals surface area contributed by atoms with E-state index < -0.39 is 15.9 Å². The monoisotopic (exact) mass is 281 g/mol.